The first-order valence-corrected chi connectivity index (χ1v) is 15.1. The van der Waals surface area contributed by atoms with E-state index in [4.69, 9.17) is 33.2 Å². The molecule has 14 nitrogen and oxygen atoms in total. The van der Waals surface area contributed by atoms with Gasteiger partial charge in [-0.2, -0.15) is 0 Å². The molecule has 246 valence electrons. The number of anilines is 1. The van der Waals surface area contributed by atoms with Crippen LogP contribution in [0.25, 0.3) is 0 Å². The van der Waals surface area contributed by atoms with Crippen LogP contribution < -0.4 is 10.6 Å². The molecule has 1 aromatic rings. The summed E-state index contributed by atoms with van der Waals surface area (Å²) in [5.41, 5.74) is 0.925. The molecule has 4 amide bonds. The van der Waals surface area contributed by atoms with Crippen molar-refractivity contribution in [2.24, 2.45) is 0 Å². The molecule has 2 aliphatic rings. The minimum Gasteiger partial charge on any atom is -0.382 e. The fourth-order valence-corrected chi connectivity index (χ4v) is 4.46. The van der Waals surface area contributed by atoms with Gasteiger partial charge < -0.3 is 38.5 Å². The van der Waals surface area contributed by atoms with Crippen LogP contribution in [0.5, 0.6) is 0 Å². The van der Waals surface area contributed by atoms with Crippen LogP contribution in [0.15, 0.2) is 18.2 Å². The Hall–Kier alpha value is -2.98. The molecule has 14 heteroatoms. The fraction of sp³-hybridized carbons (Fsp3) is 0.667. The molecular formula is C30H45N3O11. The van der Waals surface area contributed by atoms with Gasteiger partial charge in [0.25, 0.3) is 11.8 Å². The van der Waals surface area contributed by atoms with Gasteiger partial charge in [0, 0.05) is 18.7 Å². The van der Waals surface area contributed by atoms with Gasteiger partial charge in [-0.25, -0.2) is 0 Å². The molecule has 1 saturated heterocycles. The third kappa shape index (κ3) is 11.8. The van der Waals surface area contributed by atoms with Crippen molar-refractivity contribution in [2.45, 2.75) is 38.8 Å². The average Bonchev–Trinajstić information content (AvgIpc) is 3.25. The molecule has 1 atom stereocenters. The number of benzene rings is 1. The first-order valence-electron chi connectivity index (χ1n) is 15.1. The van der Waals surface area contributed by atoms with Crippen molar-refractivity contribution in [3.05, 3.63) is 29.3 Å². The molecule has 3 rings (SSSR count). The zero-order valence-corrected chi connectivity index (χ0v) is 25.6. The molecule has 1 unspecified atom stereocenters. The number of carbonyl (C=O) groups excluding carboxylic acids is 4. The minimum atomic E-state index is -1.00. The molecular weight excluding hydrogens is 578 g/mol. The zero-order chi connectivity index (χ0) is 31.6. The van der Waals surface area contributed by atoms with E-state index in [1.54, 1.807) is 18.2 Å². The van der Waals surface area contributed by atoms with Gasteiger partial charge in [-0.05, 0) is 32.4 Å². The molecule has 2 heterocycles. The predicted octanol–water partition coefficient (Wildman–Crippen LogP) is 1.02. The fourth-order valence-electron chi connectivity index (χ4n) is 4.46. The molecule has 1 aromatic carbocycles. The van der Waals surface area contributed by atoms with Gasteiger partial charge in [0.2, 0.25) is 11.8 Å². The second-order valence-electron chi connectivity index (χ2n) is 10.2. The summed E-state index contributed by atoms with van der Waals surface area (Å²) in [6.07, 6.45) is 0.393. The Morgan fingerprint density at radius 2 is 1.27 bits per heavy atom. The van der Waals surface area contributed by atoms with Gasteiger partial charge >= 0.3 is 0 Å². The van der Waals surface area contributed by atoms with E-state index < -0.39 is 29.7 Å². The molecule has 0 saturated carbocycles. The SMILES string of the molecule is CC(C)OCCOCCOCCOCCOCCOCCOCCNc1cccc2c1C(=O)N(C1CCC(=O)NC1=O)C2=O. The van der Waals surface area contributed by atoms with E-state index in [-0.39, 0.29) is 30.1 Å². The summed E-state index contributed by atoms with van der Waals surface area (Å²) >= 11 is 0. The molecule has 0 radical (unpaired) electrons. The summed E-state index contributed by atoms with van der Waals surface area (Å²) in [5.74, 6) is -2.15. The Kier molecular flexibility index (Phi) is 16.2. The molecule has 1 fully saturated rings. The van der Waals surface area contributed by atoms with Crippen LogP contribution in [-0.2, 0) is 42.7 Å². The third-order valence-corrected chi connectivity index (χ3v) is 6.57. The molecule has 0 bridgehead atoms. The van der Waals surface area contributed by atoms with Gasteiger partial charge in [-0.15, -0.1) is 0 Å². The molecule has 44 heavy (non-hydrogen) atoms. The maximum absolute atomic E-state index is 13.1. The lowest BCUT2D eigenvalue weighted by molar-refractivity contribution is -0.136. The predicted molar refractivity (Wildman–Crippen MR) is 158 cm³/mol. The lowest BCUT2D eigenvalue weighted by Crippen LogP contribution is -2.54. The Balaban J connectivity index is 1.14. The Morgan fingerprint density at radius 3 is 1.80 bits per heavy atom. The lowest BCUT2D eigenvalue weighted by Gasteiger charge is -2.27. The van der Waals surface area contributed by atoms with E-state index in [9.17, 15) is 19.2 Å². The quantitative estimate of drug-likeness (QED) is 0.125. The third-order valence-electron chi connectivity index (χ3n) is 6.57. The summed E-state index contributed by atoms with van der Waals surface area (Å²) in [6.45, 7) is 10.5. The van der Waals surface area contributed by atoms with E-state index in [0.717, 1.165) is 4.90 Å². The van der Waals surface area contributed by atoms with E-state index in [2.05, 4.69) is 10.6 Å². The number of nitrogens with one attached hydrogen (secondary N) is 2. The van der Waals surface area contributed by atoms with Crippen LogP contribution in [0, 0.1) is 0 Å². The normalized spacial score (nSPS) is 16.6. The van der Waals surface area contributed by atoms with Crippen molar-refractivity contribution in [3.8, 4) is 0 Å². The van der Waals surface area contributed by atoms with E-state index in [1.807, 2.05) is 13.8 Å². The van der Waals surface area contributed by atoms with Gasteiger partial charge in [-0.3, -0.25) is 29.4 Å². The second-order valence-corrected chi connectivity index (χ2v) is 10.2. The average molecular weight is 624 g/mol. The molecule has 0 aliphatic carbocycles. The first kappa shape index (κ1) is 35.5. The van der Waals surface area contributed by atoms with E-state index in [1.165, 1.54) is 0 Å². The van der Waals surface area contributed by atoms with E-state index >= 15 is 0 Å². The number of carbonyl (C=O) groups is 4. The lowest BCUT2D eigenvalue weighted by atomic mass is 10.0. The van der Waals surface area contributed by atoms with Crippen molar-refractivity contribution >= 4 is 29.3 Å². The topological polar surface area (TPSA) is 160 Å². The van der Waals surface area contributed by atoms with E-state index in [0.29, 0.717) is 98.1 Å². The zero-order valence-electron chi connectivity index (χ0n) is 25.6. The standard InChI is InChI=1S/C30H45N3O11/c1-22(2)44-21-20-43-19-18-42-17-16-41-15-14-40-13-12-39-11-10-38-9-8-31-24-5-3-4-23-27(24)30(37)33(29(23)36)25-6-7-26(34)32-28(25)35/h3-5,22,25,31H,6-21H2,1-2H3,(H,32,34,35). The smallest absolute Gasteiger partial charge is 0.264 e. The number of hydrogen-bond donors (Lipinski definition) is 2. The summed E-state index contributed by atoms with van der Waals surface area (Å²) in [5, 5.41) is 5.33. The van der Waals surface area contributed by atoms with Gasteiger partial charge in [-0.1, -0.05) is 6.07 Å². The summed E-state index contributed by atoms with van der Waals surface area (Å²) in [6, 6.07) is 3.92. The minimum absolute atomic E-state index is 0.0713. The summed E-state index contributed by atoms with van der Waals surface area (Å²) in [4.78, 5) is 50.7. The number of hydrogen-bond acceptors (Lipinski definition) is 12. The van der Waals surface area contributed by atoms with Crippen molar-refractivity contribution < 1.29 is 52.3 Å². The van der Waals surface area contributed by atoms with Crippen LogP contribution >= 0.6 is 0 Å². The van der Waals surface area contributed by atoms with Crippen molar-refractivity contribution in [3.63, 3.8) is 0 Å². The highest BCUT2D eigenvalue weighted by Gasteiger charge is 2.45. The Bertz CT molecular complexity index is 1070. The van der Waals surface area contributed by atoms with Crippen LogP contribution in [-0.4, -0.2) is 133 Å². The molecule has 0 spiro atoms. The maximum atomic E-state index is 13.1. The maximum Gasteiger partial charge on any atom is 0.264 e. The number of nitrogens with zero attached hydrogens (tertiary/aromatic N) is 1. The molecule has 0 aromatic heterocycles. The highest BCUT2D eigenvalue weighted by molar-refractivity contribution is 6.25. The van der Waals surface area contributed by atoms with Gasteiger partial charge in [0.1, 0.15) is 6.04 Å². The van der Waals surface area contributed by atoms with Crippen molar-refractivity contribution in [2.75, 3.05) is 97.8 Å². The van der Waals surface area contributed by atoms with Gasteiger partial charge in [0.15, 0.2) is 0 Å². The summed E-state index contributed by atoms with van der Waals surface area (Å²) in [7, 11) is 0. The molecule has 2 N–H and O–H groups in total. The Labute approximate surface area is 257 Å². The number of rotatable bonds is 24. The van der Waals surface area contributed by atoms with Crippen LogP contribution in [0.2, 0.25) is 0 Å². The second kappa shape index (κ2) is 20.1. The summed E-state index contributed by atoms with van der Waals surface area (Å²) < 4.78 is 38.2. The number of ether oxygens (including phenoxy) is 7. The van der Waals surface area contributed by atoms with Gasteiger partial charge in [0.05, 0.1) is 103 Å². The highest BCUT2D eigenvalue weighted by Crippen LogP contribution is 2.32. The number of imide groups is 2. The number of fused-ring (bicyclic) bond motifs is 1. The van der Waals surface area contributed by atoms with Crippen molar-refractivity contribution in [1.82, 2.24) is 10.2 Å². The number of piperidine rings is 1. The number of amides is 4. The monoisotopic (exact) mass is 623 g/mol. The van der Waals surface area contributed by atoms with Crippen molar-refractivity contribution in [1.29, 1.82) is 0 Å². The van der Waals surface area contributed by atoms with Crippen LogP contribution in [0.3, 0.4) is 0 Å². The molecule has 2 aliphatic heterocycles. The first-order chi connectivity index (χ1) is 21.4. The highest BCUT2D eigenvalue weighted by atomic mass is 16.6. The van der Waals surface area contributed by atoms with Crippen LogP contribution in [0.4, 0.5) is 5.69 Å². The largest absolute Gasteiger partial charge is 0.382 e. The van der Waals surface area contributed by atoms with Crippen LogP contribution in [0.1, 0.15) is 47.4 Å². The Morgan fingerprint density at radius 1 is 0.750 bits per heavy atom.